The maximum absolute atomic E-state index is 11.7. The second kappa shape index (κ2) is 9.19. The highest BCUT2D eigenvalue weighted by Crippen LogP contribution is 2.24. The predicted molar refractivity (Wildman–Crippen MR) is 110 cm³/mol. The molecule has 6 nitrogen and oxygen atoms in total. The molecule has 3 rings (SSSR count). The van der Waals surface area contributed by atoms with Crippen LogP contribution in [0.3, 0.4) is 0 Å². The molecule has 1 fully saturated rings. The Balaban J connectivity index is 0.000000198. The number of nitrogens with two attached hydrogens (primary N) is 1. The van der Waals surface area contributed by atoms with Gasteiger partial charge in [0.05, 0.1) is 4.88 Å². The van der Waals surface area contributed by atoms with E-state index < -0.39 is 0 Å². The number of thiophene rings is 1. The number of hydrogen-bond acceptors (Lipinski definition) is 5. The van der Waals surface area contributed by atoms with Gasteiger partial charge in [-0.05, 0) is 44.8 Å². The molecule has 1 saturated heterocycles. The number of carbonyl (C=O) groups excluding carboxylic acids is 2. The Bertz CT molecular complexity index is 741. The van der Waals surface area contributed by atoms with E-state index in [4.69, 9.17) is 10.5 Å². The van der Waals surface area contributed by atoms with Crippen LogP contribution in [0.15, 0.2) is 30.3 Å². The number of hydrogen-bond donors (Lipinski definition) is 1. The van der Waals surface area contributed by atoms with Gasteiger partial charge in [-0.15, -0.1) is 11.3 Å². The fraction of sp³-hybridized carbons (Fsp3) is 0.500. The molecular formula is C20H29N3O3S. The fourth-order valence-electron chi connectivity index (χ4n) is 2.68. The zero-order chi connectivity index (χ0) is 20.0. The second-order valence-electron chi connectivity index (χ2n) is 7.41. The van der Waals surface area contributed by atoms with Crippen molar-refractivity contribution in [1.82, 2.24) is 9.80 Å². The molecular weight excluding hydrogens is 362 g/mol. The topological polar surface area (TPSA) is 75.9 Å². The Morgan fingerprint density at radius 3 is 2.30 bits per heavy atom. The molecule has 2 amide bonds. The van der Waals surface area contributed by atoms with Crippen molar-refractivity contribution in [3.05, 3.63) is 35.2 Å². The van der Waals surface area contributed by atoms with Crippen molar-refractivity contribution in [2.45, 2.75) is 33.3 Å². The third kappa shape index (κ3) is 6.52. The molecule has 1 aromatic carbocycles. The van der Waals surface area contributed by atoms with Gasteiger partial charge in [-0.3, -0.25) is 4.79 Å². The molecule has 2 aromatic rings. The first kappa shape index (κ1) is 21.2. The molecule has 27 heavy (non-hydrogen) atoms. The summed E-state index contributed by atoms with van der Waals surface area (Å²) < 4.78 is 6.42. The minimum absolute atomic E-state index is 0.182. The molecule has 1 aliphatic rings. The largest absolute Gasteiger partial charge is 0.444 e. The van der Waals surface area contributed by atoms with E-state index in [-0.39, 0.29) is 17.6 Å². The number of carbonyl (C=O) groups is 2. The Morgan fingerprint density at radius 1 is 1.15 bits per heavy atom. The van der Waals surface area contributed by atoms with Crippen LogP contribution in [0.2, 0.25) is 0 Å². The zero-order valence-corrected chi connectivity index (χ0v) is 17.3. The van der Waals surface area contributed by atoms with E-state index in [1.165, 1.54) is 11.3 Å². The Hall–Kier alpha value is -2.12. The molecule has 2 N–H and O–H groups in total. The molecule has 0 unspecified atom stereocenters. The summed E-state index contributed by atoms with van der Waals surface area (Å²) in [5, 5.41) is 1.08. The van der Waals surface area contributed by atoms with Crippen molar-refractivity contribution in [2.24, 2.45) is 5.73 Å². The first-order chi connectivity index (χ1) is 12.7. The van der Waals surface area contributed by atoms with E-state index in [0.717, 1.165) is 42.8 Å². The minimum Gasteiger partial charge on any atom is -0.444 e. The summed E-state index contributed by atoms with van der Waals surface area (Å²) in [6.45, 7) is 12.4. The molecule has 0 bridgehead atoms. The normalized spacial score (nSPS) is 15.2. The van der Waals surface area contributed by atoms with Crippen LogP contribution in [0.5, 0.6) is 0 Å². The number of primary amides is 1. The maximum atomic E-state index is 11.7. The van der Waals surface area contributed by atoms with Gasteiger partial charge in [0.2, 0.25) is 0 Å². The summed E-state index contributed by atoms with van der Waals surface area (Å²) >= 11 is 1.43. The van der Waals surface area contributed by atoms with Crippen LogP contribution >= 0.6 is 11.3 Å². The molecule has 2 heterocycles. The Labute approximate surface area is 164 Å². The summed E-state index contributed by atoms with van der Waals surface area (Å²) in [5.41, 5.74) is 4.76. The van der Waals surface area contributed by atoms with Gasteiger partial charge in [-0.25, -0.2) is 4.79 Å². The van der Waals surface area contributed by atoms with Crippen molar-refractivity contribution in [3.63, 3.8) is 0 Å². The SMILES string of the molecule is CCN1CCN(C(=O)OC(C)(C)C)CC1.NC(=O)c1cc2ccccc2s1. The predicted octanol–water partition coefficient (Wildman–Crippen LogP) is 3.56. The van der Waals surface area contributed by atoms with Crippen LogP contribution in [0.1, 0.15) is 37.4 Å². The third-order valence-corrected chi connectivity index (χ3v) is 5.27. The Morgan fingerprint density at radius 2 is 1.78 bits per heavy atom. The molecule has 0 saturated carbocycles. The molecule has 1 aromatic heterocycles. The van der Waals surface area contributed by atoms with Gasteiger partial charge < -0.3 is 20.3 Å². The van der Waals surface area contributed by atoms with Gasteiger partial charge in [0.1, 0.15) is 5.60 Å². The standard InChI is InChI=1S/C11H22N2O2.C9H7NOS/c1-5-12-6-8-13(9-7-12)10(14)15-11(2,3)4;10-9(11)8-5-6-3-1-2-4-7(6)12-8/h5-9H2,1-4H3;1-5H,(H2,10,11). The van der Waals surface area contributed by atoms with Gasteiger partial charge in [-0.2, -0.15) is 0 Å². The number of nitrogens with zero attached hydrogens (tertiary/aromatic N) is 2. The van der Waals surface area contributed by atoms with E-state index in [0.29, 0.717) is 4.88 Å². The van der Waals surface area contributed by atoms with Crippen LogP contribution in [-0.4, -0.2) is 60.1 Å². The summed E-state index contributed by atoms with van der Waals surface area (Å²) in [7, 11) is 0. The molecule has 0 radical (unpaired) electrons. The average Bonchev–Trinajstić information content (AvgIpc) is 3.05. The third-order valence-electron chi connectivity index (χ3n) is 4.14. The number of benzene rings is 1. The molecule has 1 aliphatic heterocycles. The first-order valence-electron chi connectivity index (χ1n) is 9.18. The van der Waals surface area contributed by atoms with Crippen molar-refractivity contribution >= 4 is 33.4 Å². The molecule has 148 valence electrons. The van der Waals surface area contributed by atoms with Gasteiger partial charge in [0, 0.05) is 30.9 Å². The van der Waals surface area contributed by atoms with Crippen molar-refractivity contribution < 1.29 is 14.3 Å². The minimum atomic E-state index is -0.390. The Kier molecular flexibility index (Phi) is 7.21. The number of ether oxygens (including phenoxy) is 1. The van der Waals surface area contributed by atoms with Crippen LogP contribution in [0.25, 0.3) is 10.1 Å². The van der Waals surface area contributed by atoms with Gasteiger partial charge in [-0.1, -0.05) is 25.1 Å². The van der Waals surface area contributed by atoms with Crippen LogP contribution in [0, 0.1) is 0 Å². The van der Waals surface area contributed by atoms with E-state index in [1.54, 1.807) is 4.90 Å². The van der Waals surface area contributed by atoms with Crippen molar-refractivity contribution in [3.8, 4) is 0 Å². The van der Waals surface area contributed by atoms with Crippen LogP contribution in [0.4, 0.5) is 4.79 Å². The molecule has 0 spiro atoms. The lowest BCUT2D eigenvalue weighted by Crippen LogP contribution is -2.49. The van der Waals surface area contributed by atoms with Crippen molar-refractivity contribution in [1.29, 1.82) is 0 Å². The number of likely N-dealkylation sites (N-methyl/N-ethyl adjacent to an activating group) is 1. The zero-order valence-electron chi connectivity index (χ0n) is 16.5. The smallest absolute Gasteiger partial charge is 0.410 e. The van der Waals surface area contributed by atoms with E-state index in [1.807, 2.05) is 51.1 Å². The number of rotatable bonds is 2. The van der Waals surface area contributed by atoms with Crippen LogP contribution in [-0.2, 0) is 4.74 Å². The second-order valence-corrected chi connectivity index (χ2v) is 8.50. The highest BCUT2D eigenvalue weighted by molar-refractivity contribution is 7.20. The summed E-state index contributed by atoms with van der Waals surface area (Å²) in [4.78, 5) is 27.2. The number of piperazine rings is 1. The van der Waals surface area contributed by atoms with Gasteiger partial charge in [0.25, 0.3) is 5.91 Å². The van der Waals surface area contributed by atoms with Crippen LogP contribution < -0.4 is 5.73 Å². The highest BCUT2D eigenvalue weighted by atomic mass is 32.1. The van der Waals surface area contributed by atoms with Gasteiger partial charge in [0.15, 0.2) is 0 Å². The molecule has 7 heteroatoms. The monoisotopic (exact) mass is 391 g/mol. The maximum Gasteiger partial charge on any atom is 0.410 e. The highest BCUT2D eigenvalue weighted by Gasteiger charge is 2.25. The number of amides is 2. The molecule has 0 atom stereocenters. The van der Waals surface area contributed by atoms with Gasteiger partial charge >= 0.3 is 6.09 Å². The van der Waals surface area contributed by atoms with Crippen molar-refractivity contribution in [2.75, 3.05) is 32.7 Å². The summed E-state index contributed by atoms with van der Waals surface area (Å²) in [5.74, 6) is -0.351. The summed E-state index contributed by atoms with van der Waals surface area (Å²) in [6.07, 6.45) is -0.182. The summed E-state index contributed by atoms with van der Waals surface area (Å²) in [6, 6.07) is 9.66. The van der Waals surface area contributed by atoms with E-state index in [9.17, 15) is 9.59 Å². The first-order valence-corrected chi connectivity index (χ1v) is 10.00. The fourth-order valence-corrected chi connectivity index (χ4v) is 3.59. The lowest BCUT2D eigenvalue weighted by molar-refractivity contribution is 0.0149. The number of fused-ring (bicyclic) bond motifs is 1. The van der Waals surface area contributed by atoms with E-state index >= 15 is 0 Å². The average molecular weight is 392 g/mol. The van der Waals surface area contributed by atoms with E-state index in [2.05, 4.69) is 11.8 Å². The quantitative estimate of drug-likeness (QED) is 0.849. The lowest BCUT2D eigenvalue weighted by atomic mass is 10.2. The molecule has 0 aliphatic carbocycles. The lowest BCUT2D eigenvalue weighted by Gasteiger charge is -2.35.